The summed E-state index contributed by atoms with van der Waals surface area (Å²) in [6.07, 6.45) is -4.71. The molecule has 2 aromatic carbocycles. The molecule has 1 amide bonds. The van der Waals surface area contributed by atoms with Crippen LogP contribution in [0.5, 0.6) is 5.75 Å². The fraction of sp³-hybridized carbons (Fsp3) is 0.235. The molecule has 0 fully saturated rings. The Labute approximate surface area is 142 Å². The van der Waals surface area contributed by atoms with Gasteiger partial charge >= 0.3 is 6.36 Å². The highest BCUT2D eigenvalue weighted by Gasteiger charge is 2.30. The predicted octanol–water partition coefficient (Wildman–Crippen LogP) is 4.30. The number of halogens is 3. The smallest absolute Gasteiger partial charge is 0.406 e. The van der Waals surface area contributed by atoms with Crippen molar-refractivity contribution in [2.24, 2.45) is 0 Å². The molecule has 0 heterocycles. The zero-order valence-corrected chi connectivity index (χ0v) is 13.7. The van der Waals surface area contributed by atoms with Crippen LogP contribution in [0.4, 0.5) is 13.2 Å². The highest BCUT2D eigenvalue weighted by atomic mass is 32.2. The van der Waals surface area contributed by atoms with Crippen LogP contribution in [0.3, 0.4) is 0 Å². The van der Waals surface area contributed by atoms with Crippen LogP contribution in [0.15, 0.2) is 53.4 Å². The third kappa shape index (κ3) is 6.16. The van der Waals surface area contributed by atoms with E-state index in [2.05, 4.69) is 10.1 Å². The first kappa shape index (κ1) is 18.2. The van der Waals surface area contributed by atoms with Gasteiger partial charge in [0, 0.05) is 11.4 Å². The maximum absolute atomic E-state index is 12.1. The van der Waals surface area contributed by atoms with Crippen LogP contribution in [0.2, 0.25) is 0 Å². The molecule has 0 spiro atoms. The second-order valence-corrected chi connectivity index (χ2v) is 6.04. The van der Waals surface area contributed by atoms with Crippen molar-refractivity contribution in [1.82, 2.24) is 5.32 Å². The van der Waals surface area contributed by atoms with Crippen LogP contribution in [-0.2, 0) is 11.3 Å². The number of ether oxygens (including phenoxy) is 1. The highest BCUT2D eigenvalue weighted by Crippen LogP contribution is 2.23. The minimum Gasteiger partial charge on any atom is -0.406 e. The van der Waals surface area contributed by atoms with Gasteiger partial charge in [0.1, 0.15) is 5.75 Å². The molecule has 0 aromatic heterocycles. The summed E-state index contributed by atoms with van der Waals surface area (Å²) in [5.41, 5.74) is 1.80. The number of thioether (sulfide) groups is 1. The zero-order valence-electron chi connectivity index (χ0n) is 12.9. The van der Waals surface area contributed by atoms with Gasteiger partial charge < -0.3 is 10.1 Å². The van der Waals surface area contributed by atoms with Crippen LogP contribution in [0.1, 0.15) is 11.1 Å². The predicted molar refractivity (Wildman–Crippen MR) is 86.9 cm³/mol. The molecule has 2 aromatic rings. The summed E-state index contributed by atoms with van der Waals surface area (Å²) in [4.78, 5) is 12.9. The third-order valence-electron chi connectivity index (χ3n) is 3.10. The summed E-state index contributed by atoms with van der Waals surface area (Å²) in [5, 5.41) is 2.73. The van der Waals surface area contributed by atoms with E-state index < -0.39 is 6.36 Å². The monoisotopic (exact) mass is 355 g/mol. The lowest BCUT2D eigenvalue weighted by Gasteiger charge is -2.10. The van der Waals surface area contributed by atoms with E-state index in [1.807, 2.05) is 31.2 Å². The molecule has 128 valence electrons. The molecule has 3 nitrogen and oxygen atoms in total. The van der Waals surface area contributed by atoms with Gasteiger partial charge in [0.15, 0.2) is 0 Å². The Morgan fingerprint density at radius 2 is 1.79 bits per heavy atom. The number of aryl methyl sites for hydroxylation is 1. The lowest BCUT2D eigenvalue weighted by Crippen LogP contribution is -2.24. The van der Waals surface area contributed by atoms with Gasteiger partial charge in [-0.3, -0.25) is 4.79 Å². The quantitative estimate of drug-likeness (QED) is 0.785. The average molecular weight is 355 g/mol. The van der Waals surface area contributed by atoms with Crippen molar-refractivity contribution in [2.75, 3.05) is 5.75 Å². The van der Waals surface area contributed by atoms with Gasteiger partial charge in [-0.15, -0.1) is 24.9 Å². The lowest BCUT2D eigenvalue weighted by atomic mass is 10.2. The van der Waals surface area contributed by atoms with Crippen LogP contribution < -0.4 is 10.1 Å². The third-order valence-corrected chi connectivity index (χ3v) is 4.27. The molecule has 0 aliphatic heterocycles. The standard InChI is InChI=1S/C17H16F3NO2S/c1-12-4-2-3-5-15(12)24-11-16(22)21-10-13-6-8-14(9-7-13)23-17(18,19)20/h2-9H,10-11H2,1H3,(H,21,22). The molecule has 0 unspecified atom stereocenters. The molecule has 2 rings (SSSR count). The molecule has 7 heteroatoms. The minimum absolute atomic E-state index is 0.140. The van der Waals surface area contributed by atoms with E-state index in [1.54, 1.807) is 0 Å². The Morgan fingerprint density at radius 1 is 1.12 bits per heavy atom. The molecular weight excluding hydrogens is 339 g/mol. The molecule has 0 saturated heterocycles. The van der Waals surface area contributed by atoms with E-state index >= 15 is 0 Å². The molecule has 0 saturated carbocycles. The summed E-state index contributed by atoms with van der Waals surface area (Å²) in [6, 6.07) is 13.2. The second-order valence-electron chi connectivity index (χ2n) is 5.02. The summed E-state index contributed by atoms with van der Waals surface area (Å²) < 4.78 is 40.0. The number of carbonyl (C=O) groups is 1. The first-order valence-corrected chi connectivity index (χ1v) is 8.12. The SMILES string of the molecule is Cc1ccccc1SCC(=O)NCc1ccc(OC(F)(F)F)cc1. The zero-order chi connectivity index (χ0) is 17.6. The number of amides is 1. The van der Waals surface area contributed by atoms with Crippen molar-refractivity contribution >= 4 is 17.7 Å². The van der Waals surface area contributed by atoms with Crippen LogP contribution in [-0.4, -0.2) is 18.0 Å². The Bertz CT molecular complexity index is 687. The van der Waals surface area contributed by atoms with E-state index in [4.69, 9.17) is 0 Å². The molecule has 0 atom stereocenters. The van der Waals surface area contributed by atoms with Crippen molar-refractivity contribution in [3.05, 3.63) is 59.7 Å². The minimum atomic E-state index is -4.71. The van der Waals surface area contributed by atoms with Gasteiger partial charge in [-0.1, -0.05) is 30.3 Å². The Morgan fingerprint density at radius 3 is 2.42 bits per heavy atom. The topological polar surface area (TPSA) is 38.3 Å². The largest absolute Gasteiger partial charge is 0.573 e. The van der Waals surface area contributed by atoms with Crippen molar-refractivity contribution < 1.29 is 22.7 Å². The Balaban J connectivity index is 1.78. The maximum Gasteiger partial charge on any atom is 0.573 e. The molecule has 0 aliphatic carbocycles. The van der Waals surface area contributed by atoms with E-state index in [0.29, 0.717) is 5.56 Å². The summed E-state index contributed by atoms with van der Waals surface area (Å²) >= 11 is 1.44. The van der Waals surface area contributed by atoms with Gasteiger partial charge in [0.2, 0.25) is 5.91 Å². The highest BCUT2D eigenvalue weighted by molar-refractivity contribution is 8.00. The number of hydrogen-bond acceptors (Lipinski definition) is 3. The van der Waals surface area contributed by atoms with Crippen molar-refractivity contribution in [3.63, 3.8) is 0 Å². The average Bonchev–Trinajstić information content (AvgIpc) is 2.52. The molecule has 24 heavy (non-hydrogen) atoms. The molecule has 0 aliphatic rings. The van der Waals surface area contributed by atoms with Gasteiger partial charge in [-0.25, -0.2) is 0 Å². The van der Waals surface area contributed by atoms with Crippen LogP contribution >= 0.6 is 11.8 Å². The van der Waals surface area contributed by atoms with Crippen LogP contribution in [0, 0.1) is 6.92 Å². The molecule has 1 N–H and O–H groups in total. The molecule has 0 radical (unpaired) electrons. The van der Waals surface area contributed by atoms with E-state index in [9.17, 15) is 18.0 Å². The van der Waals surface area contributed by atoms with E-state index in [1.165, 1.54) is 36.0 Å². The van der Waals surface area contributed by atoms with Crippen LogP contribution in [0.25, 0.3) is 0 Å². The fourth-order valence-corrected chi connectivity index (χ4v) is 2.78. The Hall–Kier alpha value is -2.15. The normalized spacial score (nSPS) is 11.2. The lowest BCUT2D eigenvalue weighted by molar-refractivity contribution is -0.274. The maximum atomic E-state index is 12.1. The van der Waals surface area contributed by atoms with Crippen molar-refractivity contribution in [1.29, 1.82) is 0 Å². The summed E-state index contributed by atoms with van der Waals surface area (Å²) in [7, 11) is 0. The van der Waals surface area contributed by atoms with E-state index in [0.717, 1.165) is 10.5 Å². The second kappa shape index (κ2) is 8.10. The van der Waals surface area contributed by atoms with Crippen molar-refractivity contribution in [3.8, 4) is 5.75 Å². The molecule has 0 bridgehead atoms. The fourth-order valence-electron chi connectivity index (χ4n) is 1.92. The first-order valence-electron chi connectivity index (χ1n) is 7.13. The van der Waals surface area contributed by atoms with Gasteiger partial charge in [-0.2, -0.15) is 0 Å². The number of nitrogens with one attached hydrogen (secondary N) is 1. The number of carbonyl (C=O) groups excluding carboxylic acids is 1. The molecular formula is C17H16F3NO2S. The van der Waals surface area contributed by atoms with E-state index in [-0.39, 0.29) is 24.0 Å². The Kier molecular flexibility index (Phi) is 6.14. The summed E-state index contributed by atoms with van der Waals surface area (Å²) in [6.45, 7) is 2.23. The first-order chi connectivity index (χ1) is 11.3. The summed E-state index contributed by atoms with van der Waals surface area (Å²) in [5.74, 6) is -0.147. The number of rotatable bonds is 6. The van der Waals surface area contributed by atoms with Crippen molar-refractivity contribution in [2.45, 2.75) is 24.7 Å². The van der Waals surface area contributed by atoms with Gasteiger partial charge in [-0.05, 0) is 36.2 Å². The van der Waals surface area contributed by atoms with Gasteiger partial charge in [0.25, 0.3) is 0 Å². The number of hydrogen-bond donors (Lipinski definition) is 1. The number of benzene rings is 2. The number of alkyl halides is 3. The van der Waals surface area contributed by atoms with Gasteiger partial charge in [0.05, 0.1) is 5.75 Å².